The molecule has 0 saturated carbocycles. The molecule has 0 radical (unpaired) electrons. The minimum absolute atomic E-state index is 0.0956. The second-order valence-electron chi connectivity index (χ2n) is 4.39. The van der Waals surface area contributed by atoms with Gasteiger partial charge in [0, 0.05) is 15.7 Å². The van der Waals surface area contributed by atoms with Crippen LogP contribution < -0.4 is 10.6 Å². The van der Waals surface area contributed by atoms with Gasteiger partial charge in [-0.1, -0.05) is 40.2 Å². The van der Waals surface area contributed by atoms with Gasteiger partial charge in [0.2, 0.25) is 0 Å². The van der Waals surface area contributed by atoms with Crippen LogP contribution in [0, 0.1) is 0 Å². The molecule has 22 heavy (non-hydrogen) atoms. The van der Waals surface area contributed by atoms with E-state index >= 15 is 0 Å². The average Bonchev–Trinajstić information content (AvgIpc) is 2.52. The summed E-state index contributed by atoms with van der Waals surface area (Å²) in [5, 5.41) is 5.27. The van der Waals surface area contributed by atoms with Gasteiger partial charge in [0.1, 0.15) is 6.61 Å². The minimum Gasteiger partial charge on any atom is -0.447 e. The van der Waals surface area contributed by atoms with Crippen LogP contribution in [0.15, 0.2) is 59.1 Å². The Hall–Kier alpha value is -2.34. The molecule has 2 N–H and O–H groups in total. The fourth-order valence-corrected chi connectivity index (χ4v) is 2.11. The van der Waals surface area contributed by atoms with E-state index in [2.05, 4.69) is 26.6 Å². The van der Waals surface area contributed by atoms with Gasteiger partial charge in [0.05, 0.1) is 6.54 Å². The molecule has 0 fully saturated rings. The van der Waals surface area contributed by atoms with Crippen LogP contribution in [0.1, 0.15) is 10.4 Å². The molecule has 6 heteroatoms. The van der Waals surface area contributed by atoms with E-state index in [-0.39, 0.29) is 19.1 Å². The van der Waals surface area contributed by atoms with Crippen molar-refractivity contribution < 1.29 is 14.3 Å². The van der Waals surface area contributed by atoms with Gasteiger partial charge < -0.3 is 10.1 Å². The lowest BCUT2D eigenvalue weighted by molar-refractivity contribution is 0.0938. The topological polar surface area (TPSA) is 67.4 Å². The average molecular weight is 363 g/mol. The number of carbonyl (C=O) groups excluding carboxylic acids is 2. The largest absolute Gasteiger partial charge is 0.447 e. The van der Waals surface area contributed by atoms with Gasteiger partial charge in [-0.15, -0.1) is 0 Å². The summed E-state index contributed by atoms with van der Waals surface area (Å²) >= 11 is 3.31. The van der Waals surface area contributed by atoms with Crippen LogP contribution in [0.25, 0.3) is 0 Å². The Morgan fingerprint density at radius 1 is 1.05 bits per heavy atom. The van der Waals surface area contributed by atoms with Gasteiger partial charge in [-0.3, -0.25) is 10.1 Å². The number of amides is 2. The number of benzene rings is 2. The monoisotopic (exact) mass is 362 g/mol. The van der Waals surface area contributed by atoms with Gasteiger partial charge >= 0.3 is 6.09 Å². The molecule has 0 atom stereocenters. The predicted octanol–water partition coefficient (Wildman–Crippen LogP) is 3.43. The van der Waals surface area contributed by atoms with Crippen LogP contribution in [0.2, 0.25) is 0 Å². The molecule has 0 aliphatic rings. The Bertz CT molecular complexity index is 647. The van der Waals surface area contributed by atoms with E-state index in [1.807, 2.05) is 24.3 Å². The van der Waals surface area contributed by atoms with E-state index in [4.69, 9.17) is 4.74 Å². The molecule has 0 bridgehead atoms. The van der Waals surface area contributed by atoms with Crippen molar-refractivity contribution in [1.82, 2.24) is 5.32 Å². The lowest BCUT2D eigenvalue weighted by atomic mass is 10.2. The third kappa shape index (κ3) is 5.21. The van der Waals surface area contributed by atoms with Crippen molar-refractivity contribution in [2.45, 2.75) is 0 Å². The summed E-state index contributed by atoms with van der Waals surface area (Å²) in [7, 11) is 0. The molecule has 2 rings (SSSR count). The summed E-state index contributed by atoms with van der Waals surface area (Å²) in [5.74, 6) is -0.214. The second kappa shape index (κ2) is 8.19. The Kier molecular flexibility index (Phi) is 5.97. The Labute approximate surface area is 136 Å². The Balaban J connectivity index is 1.68. The molecular weight excluding hydrogens is 348 g/mol. The highest BCUT2D eigenvalue weighted by Crippen LogP contribution is 2.11. The zero-order chi connectivity index (χ0) is 15.8. The molecule has 0 unspecified atom stereocenters. The van der Waals surface area contributed by atoms with Crippen LogP contribution >= 0.6 is 15.9 Å². The van der Waals surface area contributed by atoms with E-state index in [0.717, 1.165) is 4.47 Å². The maximum atomic E-state index is 11.8. The normalized spacial score (nSPS) is 9.86. The van der Waals surface area contributed by atoms with Crippen LogP contribution in [0.5, 0.6) is 0 Å². The molecule has 114 valence electrons. The van der Waals surface area contributed by atoms with E-state index in [1.54, 1.807) is 30.3 Å². The SMILES string of the molecule is O=C(Nc1ccccc1)OCCNC(=O)c1cccc(Br)c1. The summed E-state index contributed by atoms with van der Waals surface area (Å²) in [5.41, 5.74) is 1.20. The molecular formula is C16H15BrN2O3. The standard InChI is InChI=1S/C16H15BrN2O3/c17-13-6-4-5-12(11-13)15(20)18-9-10-22-16(21)19-14-7-2-1-3-8-14/h1-8,11H,9-10H2,(H,18,20)(H,19,21). The van der Waals surface area contributed by atoms with Crippen LogP contribution in [-0.4, -0.2) is 25.2 Å². The minimum atomic E-state index is -0.553. The zero-order valence-corrected chi connectivity index (χ0v) is 13.3. The number of para-hydroxylation sites is 1. The van der Waals surface area contributed by atoms with Gasteiger partial charge in [-0.25, -0.2) is 4.79 Å². The summed E-state index contributed by atoms with van der Waals surface area (Å²) < 4.78 is 5.81. The first kappa shape index (κ1) is 16.0. The highest BCUT2D eigenvalue weighted by atomic mass is 79.9. The Morgan fingerprint density at radius 2 is 1.82 bits per heavy atom. The molecule has 0 heterocycles. The van der Waals surface area contributed by atoms with E-state index < -0.39 is 6.09 Å². The van der Waals surface area contributed by atoms with Crippen molar-refractivity contribution in [3.05, 3.63) is 64.6 Å². The number of ether oxygens (including phenoxy) is 1. The summed E-state index contributed by atoms with van der Waals surface area (Å²) in [4.78, 5) is 23.4. The summed E-state index contributed by atoms with van der Waals surface area (Å²) in [6.45, 7) is 0.339. The molecule has 2 aromatic rings. The second-order valence-corrected chi connectivity index (χ2v) is 5.31. The lowest BCUT2D eigenvalue weighted by Crippen LogP contribution is -2.28. The summed E-state index contributed by atoms with van der Waals surface area (Å²) in [6.07, 6.45) is -0.553. The van der Waals surface area contributed by atoms with E-state index in [1.165, 1.54) is 0 Å². The molecule has 0 aliphatic heterocycles. The maximum Gasteiger partial charge on any atom is 0.411 e. The first-order valence-electron chi connectivity index (χ1n) is 6.68. The fourth-order valence-electron chi connectivity index (χ4n) is 1.72. The first-order valence-corrected chi connectivity index (χ1v) is 7.47. The van der Waals surface area contributed by atoms with Crippen molar-refractivity contribution in [1.29, 1.82) is 0 Å². The van der Waals surface area contributed by atoms with Crippen LogP contribution in [0.3, 0.4) is 0 Å². The van der Waals surface area contributed by atoms with Crippen molar-refractivity contribution in [3.8, 4) is 0 Å². The molecule has 0 spiro atoms. The number of nitrogens with one attached hydrogen (secondary N) is 2. The van der Waals surface area contributed by atoms with Crippen molar-refractivity contribution in [2.75, 3.05) is 18.5 Å². The predicted molar refractivity (Wildman–Crippen MR) is 87.9 cm³/mol. The highest BCUT2D eigenvalue weighted by Gasteiger charge is 2.06. The molecule has 0 aliphatic carbocycles. The smallest absolute Gasteiger partial charge is 0.411 e. The third-order valence-electron chi connectivity index (χ3n) is 2.73. The first-order chi connectivity index (χ1) is 10.6. The maximum absolute atomic E-state index is 11.8. The number of rotatable bonds is 5. The summed E-state index contributed by atoms with van der Waals surface area (Å²) in [6, 6.07) is 16.1. The number of anilines is 1. The van der Waals surface area contributed by atoms with Crippen molar-refractivity contribution in [2.24, 2.45) is 0 Å². The van der Waals surface area contributed by atoms with Gasteiger partial charge in [-0.05, 0) is 30.3 Å². The van der Waals surface area contributed by atoms with Crippen LogP contribution in [-0.2, 0) is 4.74 Å². The third-order valence-corrected chi connectivity index (χ3v) is 3.22. The van der Waals surface area contributed by atoms with Crippen molar-refractivity contribution in [3.63, 3.8) is 0 Å². The zero-order valence-electron chi connectivity index (χ0n) is 11.7. The lowest BCUT2D eigenvalue weighted by Gasteiger charge is -2.08. The molecule has 0 aromatic heterocycles. The number of halogens is 1. The number of hydrogen-bond acceptors (Lipinski definition) is 3. The molecule has 2 aromatic carbocycles. The van der Waals surface area contributed by atoms with Gasteiger partial charge in [0.15, 0.2) is 0 Å². The number of hydrogen-bond donors (Lipinski definition) is 2. The molecule has 5 nitrogen and oxygen atoms in total. The quantitative estimate of drug-likeness (QED) is 0.800. The molecule has 0 saturated heterocycles. The van der Waals surface area contributed by atoms with E-state index in [9.17, 15) is 9.59 Å². The number of carbonyl (C=O) groups is 2. The highest BCUT2D eigenvalue weighted by molar-refractivity contribution is 9.10. The van der Waals surface area contributed by atoms with Crippen molar-refractivity contribution >= 4 is 33.6 Å². The van der Waals surface area contributed by atoms with E-state index in [0.29, 0.717) is 11.3 Å². The van der Waals surface area contributed by atoms with Gasteiger partial charge in [0.25, 0.3) is 5.91 Å². The molecule has 2 amide bonds. The van der Waals surface area contributed by atoms with Crippen LogP contribution in [0.4, 0.5) is 10.5 Å². The van der Waals surface area contributed by atoms with Gasteiger partial charge in [-0.2, -0.15) is 0 Å². The Morgan fingerprint density at radius 3 is 2.55 bits per heavy atom. The fraction of sp³-hybridized carbons (Fsp3) is 0.125.